The van der Waals surface area contributed by atoms with Gasteiger partial charge in [-0.15, -0.1) is 0 Å². The first-order valence-corrected chi connectivity index (χ1v) is 4.37. The van der Waals surface area contributed by atoms with E-state index in [4.69, 9.17) is 5.11 Å². The van der Waals surface area contributed by atoms with Crippen molar-refractivity contribution in [2.45, 2.75) is 32.9 Å². The molecule has 0 spiro atoms. The van der Waals surface area contributed by atoms with Crippen molar-refractivity contribution < 1.29 is 9.74 Å². The minimum atomic E-state index is -0.260. The summed E-state index contributed by atoms with van der Waals surface area (Å²) in [5, 5.41) is 19.5. The minimum absolute atomic E-state index is 0.260. The van der Waals surface area contributed by atoms with Crippen molar-refractivity contribution in [3.05, 3.63) is 11.4 Å². The van der Waals surface area contributed by atoms with Gasteiger partial charge in [-0.1, -0.05) is 10.3 Å². The first-order valence-electron chi connectivity index (χ1n) is 4.37. The van der Waals surface area contributed by atoms with Gasteiger partial charge in [0, 0.05) is 6.54 Å². The molecule has 5 nitrogen and oxygen atoms in total. The summed E-state index contributed by atoms with van der Waals surface area (Å²) in [4.78, 5) is 0. The molecule has 0 amide bonds. The summed E-state index contributed by atoms with van der Waals surface area (Å²) < 4.78 is 4.53. The molecule has 2 N–H and O–H groups in total. The molecular formula is C8H15N3O2. The fourth-order valence-corrected chi connectivity index (χ4v) is 0.928. The Morgan fingerprint density at radius 2 is 2.31 bits per heavy atom. The molecule has 0 fully saturated rings. The Bertz CT molecular complexity index is 247. The van der Waals surface area contributed by atoms with Gasteiger partial charge in [0.15, 0.2) is 0 Å². The molecule has 1 rings (SSSR count). The Labute approximate surface area is 77.1 Å². The first kappa shape index (κ1) is 10.1. The van der Waals surface area contributed by atoms with Gasteiger partial charge >= 0.3 is 0 Å². The standard InChI is InChI=1S/C8H15N3O2/c1-6(12)3-4-9-5-8-7(2)10-13-11-8/h6,9,12H,3-5H2,1-2H3. The summed E-state index contributed by atoms with van der Waals surface area (Å²) >= 11 is 0. The van der Waals surface area contributed by atoms with E-state index in [2.05, 4.69) is 20.3 Å². The van der Waals surface area contributed by atoms with Crippen LogP contribution in [0, 0.1) is 6.92 Å². The van der Waals surface area contributed by atoms with E-state index in [1.165, 1.54) is 0 Å². The van der Waals surface area contributed by atoms with Gasteiger partial charge in [-0.2, -0.15) is 0 Å². The van der Waals surface area contributed by atoms with Gasteiger partial charge in [0.2, 0.25) is 0 Å². The van der Waals surface area contributed by atoms with Crippen molar-refractivity contribution in [2.75, 3.05) is 6.54 Å². The van der Waals surface area contributed by atoms with Crippen molar-refractivity contribution in [3.63, 3.8) is 0 Å². The van der Waals surface area contributed by atoms with Gasteiger partial charge < -0.3 is 10.4 Å². The molecule has 74 valence electrons. The monoisotopic (exact) mass is 185 g/mol. The molecule has 0 aliphatic heterocycles. The van der Waals surface area contributed by atoms with Crippen LogP contribution in [0.3, 0.4) is 0 Å². The largest absolute Gasteiger partial charge is 0.393 e. The Morgan fingerprint density at radius 3 is 2.85 bits per heavy atom. The maximum atomic E-state index is 8.98. The average molecular weight is 185 g/mol. The molecule has 0 radical (unpaired) electrons. The number of aromatic nitrogens is 2. The predicted octanol–water partition coefficient (Wildman–Crippen LogP) is 0.239. The summed E-state index contributed by atoms with van der Waals surface area (Å²) in [7, 11) is 0. The summed E-state index contributed by atoms with van der Waals surface area (Å²) in [6, 6.07) is 0. The molecule has 1 aromatic heterocycles. The number of aliphatic hydroxyl groups excluding tert-OH is 1. The van der Waals surface area contributed by atoms with Crippen molar-refractivity contribution >= 4 is 0 Å². The van der Waals surface area contributed by atoms with Crippen LogP contribution in [0.5, 0.6) is 0 Å². The zero-order valence-electron chi connectivity index (χ0n) is 7.95. The number of aryl methyl sites for hydroxylation is 1. The van der Waals surface area contributed by atoms with Crippen molar-refractivity contribution in [2.24, 2.45) is 0 Å². The summed E-state index contributed by atoms with van der Waals surface area (Å²) in [5.74, 6) is 0. The number of nitrogens with zero attached hydrogens (tertiary/aromatic N) is 2. The van der Waals surface area contributed by atoms with Crippen LogP contribution in [0.2, 0.25) is 0 Å². The highest BCUT2D eigenvalue weighted by atomic mass is 16.6. The Balaban J connectivity index is 2.17. The number of aliphatic hydroxyl groups is 1. The fourth-order valence-electron chi connectivity index (χ4n) is 0.928. The van der Waals surface area contributed by atoms with Crippen LogP contribution in [0.25, 0.3) is 0 Å². The predicted molar refractivity (Wildman–Crippen MR) is 47.0 cm³/mol. The topological polar surface area (TPSA) is 71.2 Å². The van der Waals surface area contributed by atoms with E-state index in [0.29, 0.717) is 6.54 Å². The minimum Gasteiger partial charge on any atom is -0.393 e. The molecule has 0 aliphatic carbocycles. The normalized spacial score (nSPS) is 13.2. The molecule has 0 aliphatic rings. The van der Waals surface area contributed by atoms with E-state index >= 15 is 0 Å². The van der Waals surface area contributed by atoms with Gasteiger partial charge in [-0.3, -0.25) is 0 Å². The molecule has 1 unspecified atom stereocenters. The maximum Gasteiger partial charge on any atom is 0.121 e. The van der Waals surface area contributed by atoms with Crippen LogP contribution in [0.15, 0.2) is 4.63 Å². The third kappa shape index (κ3) is 3.52. The summed E-state index contributed by atoms with van der Waals surface area (Å²) in [6.45, 7) is 5.03. The molecule has 0 saturated carbocycles. The number of hydrogen-bond acceptors (Lipinski definition) is 5. The van der Waals surface area contributed by atoms with E-state index in [9.17, 15) is 0 Å². The third-order valence-corrected chi connectivity index (χ3v) is 1.78. The second-order valence-corrected chi connectivity index (χ2v) is 3.11. The van der Waals surface area contributed by atoms with Crippen molar-refractivity contribution in [1.82, 2.24) is 15.6 Å². The lowest BCUT2D eigenvalue weighted by Crippen LogP contribution is -2.19. The quantitative estimate of drug-likeness (QED) is 0.643. The zero-order valence-corrected chi connectivity index (χ0v) is 7.95. The van der Waals surface area contributed by atoms with Gasteiger partial charge in [-0.25, -0.2) is 4.63 Å². The van der Waals surface area contributed by atoms with Crippen LogP contribution in [-0.4, -0.2) is 28.1 Å². The van der Waals surface area contributed by atoms with E-state index in [0.717, 1.165) is 24.4 Å². The number of nitrogens with one attached hydrogen (secondary N) is 1. The van der Waals surface area contributed by atoms with Crippen LogP contribution in [-0.2, 0) is 6.54 Å². The second kappa shape index (κ2) is 4.94. The average Bonchev–Trinajstić information content (AvgIpc) is 2.45. The lowest BCUT2D eigenvalue weighted by Gasteiger charge is -2.04. The zero-order chi connectivity index (χ0) is 9.68. The highest BCUT2D eigenvalue weighted by Crippen LogP contribution is 1.99. The lowest BCUT2D eigenvalue weighted by atomic mass is 10.3. The van der Waals surface area contributed by atoms with E-state index < -0.39 is 0 Å². The Kier molecular flexibility index (Phi) is 3.85. The molecule has 0 saturated heterocycles. The molecule has 0 bridgehead atoms. The summed E-state index contributed by atoms with van der Waals surface area (Å²) in [6.07, 6.45) is 0.480. The second-order valence-electron chi connectivity index (χ2n) is 3.11. The molecule has 1 heterocycles. The van der Waals surface area contributed by atoms with E-state index in [-0.39, 0.29) is 6.10 Å². The van der Waals surface area contributed by atoms with Crippen molar-refractivity contribution in [3.8, 4) is 0 Å². The van der Waals surface area contributed by atoms with Crippen LogP contribution >= 0.6 is 0 Å². The van der Waals surface area contributed by atoms with Crippen molar-refractivity contribution in [1.29, 1.82) is 0 Å². The first-order chi connectivity index (χ1) is 6.20. The van der Waals surface area contributed by atoms with Crippen LogP contribution < -0.4 is 5.32 Å². The van der Waals surface area contributed by atoms with E-state index in [1.807, 2.05) is 6.92 Å². The van der Waals surface area contributed by atoms with Gasteiger partial charge in [0.1, 0.15) is 11.4 Å². The SMILES string of the molecule is Cc1nonc1CNCCC(C)O. The highest BCUT2D eigenvalue weighted by Gasteiger charge is 2.03. The summed E-state index contributed by atoms with van der Waals surface area (Å²) in [5.41, 5.74) is 1.63. The molecule has 1 aromatic rings. The number of rotatable bonds is 5. The maximum absolute atomic E-state index is 8.98. The van der Waals surface area contributed by atoms with Gasteiger partial charge in [0.05, 0.1) is 6.10 Å². The molecule has 1 atom stereocenters. The fraction of sp³-hybridized carbons (Fsp3) is 0.750. The lowest BCUT2D eigenvalue weighted by molar-refractivity contribution is 0.183. The van der Waals surface area contributed by atoms with Crippen LogP contribution in [0.1, 0.15) is 24.7 Å². The van der Waals surface area contributed by atoms with Gasteiger partial charge in [0.25, 0.3) is 0 Å². The third-order valence-electron chi connectivity index (χ3n) is 1.78. The molecule has 0 aromatic carbocycles. The smallest absolute Gasteiger partial charge is 0.121 e. The Morgan fingerprint density at radius 1 is 1.54 bits per heavy atom. The van der Waals surface area contributed by atoms with E-state index in [1.54, 1.807) is 6.92 Å². The number of hydrogen-bond donors (Lipinski definition) is 2. The molecule has 13 heavy (non-hydrogen) atoms. The van der Waals surface area contributed by atoms with Gasteiger partial charge in [-0.05, 0) is 26.8 Å². The molecular weight excluding hydrogens is 170 g/mol. The van der Waals surface area contributed by atoms with Crippen LogP contribution in [0.4, 0.5) is 0 Å². The Hall–Kier alpha value is -0.940. The highest BCUT2D eigenvalue weighted by molar-refractivity contribution is 5.03. The molecule has 5 heteroatoms.